The summed E-state index contributed by atoms with van der Waals surface area (Å²) < 4.78 is 1.99. The van der Waals surface area contributed by atoms with E-state index in [-0.39, 0.29) is 0 Å². The summed E-state index contributed by atoms with van der Waals surface area (Å²) in [6.07, 6.45) is 1.76. The van der Waals surface area contributed by atoms with Crippen molar-refractivity contribution in [2.75, 3.05) is 18.0 Å². The van der Waals surface area contributed by atoms with Crippen LogP contribution in [-0.4, -0.2) is 34.2 Å². The van der Waals surface area contributed by atoms with Gasteiger partial charge in [-0.2, -0.15) is 14.9 Å². The zero-order valence-electron chi connectivity index (χ0n) is 14.7. The SMILES string of the molecule is CCN(CC)c1ccc(/C=N/n2c(-c3ccccc3Cl)n[nH]c2=S)cc1. The summed E-state index contributed by atoms with van der Waals surface area (Å²) in [6, 6.07) is 15.7. The molecule has 0 bridgehead atoms. The van der Waals surface area contributed by atoms with Gasteiger partial charge in [0.1, 0.15) is 0 Å². The van der Waals surface area contributed by atoms with Gasteiger partial charge in [-0.3, -0.25) is 0 Å². The fourth-order valence-electron chi connectivity index (χ4n) is 2.70. The Morgan fingerprint density at radius 3 is 2.50 bits per heavy atom. The summed E-state index contributed by atoms with van der Waals surface area (Å²) in [6.45, 7) is 6.26. The quantitative estimate of drug-likeness (QED) is 0.480. The highest BCUT2D eigenvalue weighted by atomic mass is 35.5. The van der Waals surface area contributed by atoms with Crippen LogP contribution in [-0.2, 0) is 0 Å². The second kappa shape index (κ2) is 8.29. The maximum absolute atomic E-state index is 6.27. The van der Waals surface area contributed by atoms with Gasteiger partial charge in [-0.1, -0.05) is 35.9 Å². The molecule has 5 nitrogen and oxygen atoms in total. The molecule has 3 rings (SSSR count). The van der Waals surface area contributed by atoms with Gasteiger partial charge in [-0.15, -0.1) is 0 Å². The van der Waals surface area contributed by atoms with Gasteiger partial charge in [0.05, 0.1) is 11.2 Å². The second-order valence-corrected chi connectivity index (χ2v) is 6.45. The van der Waals surface area contributed by atoms with Gasteiger partial charge >= 0.3 is 0 Å². The number of benzene rings is 2. The minimum Gasteiger partial charge on any atom is -0.372 e. The minimum absolute atomic E-state index is 0.413. The van der Waals surface area contributed by atoms with E-state index in [1.54, 1.807) is 10.9 Å². The smallest absolute Gasteiger partial charge is 0.216 e. The van der Waals surface area contributed by atoms with Gasteiger partial charge in [0.15, 0.2) is 5.82 Å². The van der Waals surface area contributed by atoms with Crippen LogP contribution in [0.25, 0.3) is 11.4 Å². The highest BCUT2D eigenvalue weighted by Gasteiger charge is 2.11. The van der Waals surface area contributed by atoms with Gasteiger partial charge in [0, 0.05) is 24.3 Å². The monoisotopic (exact) mass is 385 g/mol. The molecule has 0 aliphatic heterocycles. The summed E-state index contributed by atoms with van der Waals surface area (Å²) >= 11 is 11.6. The number of rotatable bonds is 6. The molecule has 1 heterocycles. The molecule has 0 atom stereocenters. The fraction of sp³-hybridized carbons (Fsp3) is 0.211. The lowest BCUT2D eigenvalue weighted by atomic mass is 10.2. The van der Waals surface area contributed by atoms with Crippen molar-refractivity contribution in [1.82, 2.24) is 14.9 Å². The first-order chi connectivity index (χ1) is 12.6. The standard InChI is InChI=1S/C19H20ClN5S/c1-3-24(4-2)15-11-9-14(10-12-15)13-21-25-18(22-23-19(25)26)16-7-5-6-8-17(16)20/h5-13H,3-4H2,1-2H3,(H,23,26)/b21-13+. The number of nitrogens with one attached hydrogen (secondary N) is 1. The molecule has 0 saturated heterocycles. The van der Waals surface area contributed by atoms with Gasteiger partial charge in [0.2, 0.25) is 4.77 Å². The number of nitrogens with zero attached hydrogens (tertiary/aromatic N) is 4. The lowest BCUT2D eigenvalue weighted by Crippen LogP contribution is -2.21. The van der Waals surface area contributed by atoms with Crippen molar-refractivity contribution in [2.45, 2.75) is 13.8 Å². The topological polar surface area (TPSA) is 49.2 Å². The Morgan fingerprint density at radius 2 is 1.85 bits per heavy atom. The maximum Gasteiger partial charge on any atom is 0.216 e. The van der Waals surface area contributed by atoms with Crippen LogP contribution in [0.1, 0.15) is 19.4 Å². The van der Waals surface area contributed by atoms with Gasteiger partial charge in [0.25, 0.3) is 0 Å². The Hall–Kier alpha value is -2.44. The van der Waals surface area contributed by atoms with Gasteiger partial charge < -0.3 is 4.90 Å². The number of hydrogen-bond donors (Lipinski definition) is 1. The highest BCUT2D eigenvalue weighted by molar-refractivity contribution is 7.71. The molecule has 0 saturated carbocycles. The first kappa shape index (κ1) is 18.4. The van der Waals surface area contributed by atoms with Crippen molar-refractivity contribution in [1.29, 1.82) is 0 Å². The number of H-pyrrole nitrogens is 1. The molecule has 134 valence electrons. The molecule has 0 unspecified atom stereocenters. The molecule has 1 N–H and O–H groups in total. The molecule has 26 heavy (non-hydrogen) atoms. The highest BCUT2D eigenvalue weighted by Crippen LogP contribution is 2.25. The van der Waals surface area contributed by atoms with Crippen molar-refractivity contribution in [3.63, 3.8) is 0 Å². The van der Waals surface area contributed by atoms with Crippen molar-refractivity contribution in [3.05, 3.63) is 63.9 Å². The average molecular weight is 386 g/mol. The van der Waals surface area contributed by atoms with E-state index in [9.17, 15) is 0 Å². The molecule has 2 aromatic carbocycles. The third-order valence-electron chi connectivity index (χ3n) is 4.11. The zero-order valence-corrected chi connectivity index (χ0v) is 16.3. The summed E-state index contributed by atoms with van der Waals surface area (Å²) in [5.41, 5.74) is 2.95. The zero-order chi connectivity index (χ0) is 18.5. The molecule has 7 heteroatoms. The third kappa shape index (κ3) is 3.86. The Bertz CT molecular complexity index is 955. The van der Waals surface area contributed by atoms with E-state index in [0.29, 0.717) is 15.6 Å². The summed E-state index contributed by atoms with van der Waals surface area (Å²) in [5, 5.41) is 12.1. The fourth-order valence-corrected chi connectivity index (χ4v) is 3.10. The molecular formula is C19H20ClN5S. The number of aromatic amines is 1. The summed E-state index contributed by atoms with van der Waals surface area (Å²) in [7, 11) is 0. The van der Waals surface area contributed by atoms with Crippen LogP contribution >= 0.6 is 23.8 Å². The molecule has 0 fully saturated rings. The van der Waals surface area contributed by atoms with E-state index in [1.807, 2.05) is 36.4 Å². The largest absolute Gasteiger partial charge is 0.372 e. The van der Waals surface area contributed by atoms with Crippen molar-refractivity contribution in [3.8, 4) is 11.4 Å². The van der Waals surface area contributed by atoms with Crippen LogP contribution in [0.5, 0.6) is 0 Å². The predicted octanol–water partition coefficient (Wildman–Crippen LogP) is 4.99. The Kier molecular flexibility index (Phi) is 5.85. The van der Waals surface area contributed by atoms with E-state index in [0.717, 1.165) is 24.2 Å². The maximum atomic E-state index is 6.27. The van der Waals surface area contributed by atoms with E-state index in [4.69, 9.17) is 23.8 Å². The Labute approximate surface area is 162 Å². The number of aromatic nitrogens is 3. The first-order valence-corrected chi connectivity index (χ1v) is 9.24. The van der Waals surface area contributed by atoms with Crippen LogP contribution < -0.4 is 4.90 Å². The summed E-state index contributed by atoms with van der Waals surface area (Å²) in [5.74, 6) is 0.580. The molecule has 0 aliphatic carbocycles. The molecule has 3 aromatic rings. The van der Waals surface area contributed by atoms with Crippen LogP contribution in [0.15, 0.2) is 53.6 Å². The van der Waals surface area contributed by atoms with Crippen molar-refractivity contribution < 1.29 is 0 Å². The first-order valence-electron chi connectivity index (χ1n) is 8.45. The Morgan fingerprint density at radius 1 is 1.15 bits per heavy atom. The van der Waals surface area contributed by atoms with Crippen LogP contribution in [0, 0.1) is 4.77 Å². The minimum atomic E-state index is 0.413. The van der Waals surface area contributed by atoms with E-state index >= 15 is 0 Å². The molecule has 0 aliphatic rings. The lowest BCUT2D eigenvalue weighted by molar-refractivity contribution is 0.865. The van der Waals surface area contributed by atoms with Crippen molar-refractivity contribution in [2.24, 2.45) is 5.10 Å². The van der Waals surface area contributed by atoms with Crippen LogP contribution in [0.2, 0.25) is 5.02 Å². The summed E-state index contributed by atoms with van der Waals surface area (Å²) in [4.78, 5) is 2.29. The van der Waals surface area contributed by atoms with E-state index < -0.39 is 0 Å². The third-order valence-corrected chi connectivity index (χ3v) is 4.70. The predicted molar refractivity (Wildman–Crippen MR) is 111 cm³/mol. The average Bonchev–Trinajstić information content (AvgIpc) is 3.03. The molecule has 1 aromatic heterocycles. The lowest BCUT2D eigenvalue weighted by Gasteiger charge is -2.20. The van der Waals surface area contributed by atoms with E-state index in [1.165, 1.54) is 5.69 Å². The van der Waals surface area contributed by atoms with Gasteiger partial charge in [-0.05, 0) is 55.9 Å². The van der Waals surface area contributed by atoms with Crippen LogP contribution in [0.3, 0.4) is 0 Å². The molecule has 0 spiro atoms. The second-order valence-electron chi connectivity index (χ2n) is 5.65. The number of halogens is 1. The number of hydrogen-bond acceptors (Lipinski definition) is 4. The molecular weight excluding hydrogens is 366 g/mol. The van der Waals surface area contributed by atoms with Gasteiger partial charge in [-0.25, -0.2) is 5.10 Å². The Balaban J connectivity index is 1.89. The van der Waals surface area contributed by atoms with Crippen molar-refractivity contribution >= 4 is 35.7 Å². The van der Waals surface area contributed by atoms with E-state index in [2.05, 4.69) is 46.2 Å². The molecule has 0 amide bonds. The number of anilines is 1. The van der Waals surface area contributed by atoms with Crippen LogP contribution in [0.4, 0.5) is 5.69 Å². The molecule has 0 radical (unpaired) electrons. The normalized spacial score (nSPS) is 11.2.